The average molecular weight is 276 g/mol. The number of nitrogens with one attached hydrogen (secondary N) is 1. The van der Waals surface area contributed by atoms with Gasteiger partial charge in [0.05, 0.1) is 6.61 Å². The topological polar surface area (TPSA) is 69.6 Å². The van der Waals surface area contributed by atoms with Gasteiger partial charge in [-0.25, -0.2) is 0 Å². The first-order chi connectivity index (χ1) is 8.54. The van der Waals surface area contributed by atoms with Crippen LogP contribution in [-0.2, 0) is 10.2 Å². The molecule has 6 heteroatoms. The molecule has 3 unspecified atom stereocenters. The minimum atomic E-state index is -3.44. The standard InChI is InChI=1S/C12H24N2O3S/c1-10-5-4-7-12(10)13-18(16,17)14-8-3-2-6-11(14)9-15/h10-13,15H,2-9H2,1H3. The molecule has 5 nitrogen and oxygen atoms in total. The lowest BCUT2D eigenvalue weighted by atomic mass is 10.1. The Kier molecular flexibility index (Phi) is 4.64. The molecule has 0 aromatic rings. The normalized spacial score (nSPS) is 34.9. The highest BCUT2D eigenvalue weighted by Gasteiger charge is 2.35. The Morgan fingerprint density at radius 1 is 1.22 bits per heavy atom. The van der Waals surface area contributed by atoms with Crippen LogP contribution in [0.4, 0.5) is 0 Å². The molecule has 18 heavy (non-hydrogen) atoms. The van der Waals surface area contributed by atoms with Gasteiger partial charge in [0.25, 0.3) is 10.2 Å². The molecular weight excluding hydrogens is 252 g/mol. The van der Waals surface area contributed by atoms with Crippen molar-refractivity contribution in [2.24, 2.45) is 5.92 Å². The van der Waals surface area contributed by atoms with Crippen LogP contribution in [0.15, 0.2) is 0 Å². The summed E-state index contributed by atoms with van der Waals surface area (Å²) in [6, 6.07) is -0.177. The van der Waals surface area contributed by atoms with E-state index in [0.717, 1.165) is 38.5 Å². The van der Waals surface area contributed by atoms with Gasteiger partial charge in [0.15, 0.2) is 0 Å². The summed E-state index contributed by atoms with van der Waals surface area (Å²) in [5, 5.41) is 9.30. The van der Waals surface area contributed by atoms with Gasteiger partial charge in [-0.2, -0.15) is 17.4 Å². The largest absolute Gasteiger partial charge is 0.395 e. The molecule has 1 saturated carbocycles. The molecule has 2 fully saturated rings. The highest BCUT2D eigenvalue weighted by atomic mass is 32.2. The van der Waals surface area contributed by atoms with E-state index in [1.165, 1.54) is 4.31 Å². The number of aliphatic hydroxyl groups excluding tert-OH is 1. The maximum Gasteiger partial charge on any atom is 0.280 e. The summed E-state index contributed by atoms with van der Waals surface area (Å²) in [6.07, 6.45) is 5.76. The van der Waals surface area contributed by atoms with E-state index < -0.39 is 10.2 Å². The first kappa shape index (κ1) is 14.2. The number of rotatable bonds is 4. The number of hydrogen-bond donors (Lipinski definition) is 2. The zero-order valence-electron chi connectivity index (χ0n) is 11.0. The minimum absolute atomic E-state index is 0.0660. The van der Waals surface area contributed by atoms with Gasteiger partial charge in [-0.15, -0.1) is 0 Å². The summed E-state index contributed by atoms with van der Waals surface area (Å²) >= 11 is 0. The Hall–Kier alpha value is -0.170. The first-order valence-electron chi connectivity index (χ1n) is 6.94. The molecule has 0 bridgehead atoms. The second kappa shape index (κ2) is 5.86. The van der Waals surface area contributed by atoms with Crippen molar-refractivity contribution in [2.75, 3.05) is 13.2 Å². The van der Waals surface area contributed by atoms with E-state index in [2.05, 4.69) is 11.6 Å². The van der Waals surface area contributed by atoms with Crippen LogP contribution < -0.4 is 4.72 Å². The fourth-order valence-electron chi connectivity index (χ4n) is 3.05. The fraction of sp³-hybridized carbons (Fsp3) is 1.00. The molecule has 0 amide bonds. The number of nitrogens with zero attached hydrogens (tertiary/aromatic N) is 1. The Morgan fingerprint density at radius 3 is 2.61 bits per heavy atom. The molecule has 0 aromatic heterocycles. The first-order valence-corrected chi connectivity index (χ1v) is 8.38. The van der Waals surface area contributed by atoms with E-state index in [-0.39, 0.29) is 18.7 Å². The summed E-state index contributed by atoms with van der Waals surface area (Å²) in [7, 11) is -3.44. The van der Waals surface area contributed by atoms with E-state index in [0.29, 0.717) is 12.5 Å². The molecule has 0 aromatic carbocycles. The summed E-state index contributed by atoms with van der Waals surface area (Å²) in [5.41, 5.74) is 0. The Bertz CT molecular complexity index is 372. The van der Waals surface area contributed by atoms with Crippen LogP contribution in [0.1, 0.15) is 45.4 Å². The van der Waals surface area contributed by atoms with Crippen molar-refractivity contribution in [3.05, 3.63) is 0 Å². The zero-order chi connectivity index (χ0) is 13.2. The smallest absolute Gasteiger partial charge is 0.280 e. The van der Waals surface area contributed by atoms with E-state index >= 15 is 0 Å². The van der Waals surface area contributed by atoms with Gasteiger partial charge < -0.3 is 5.11 Å². The Labute approximate surface area is 110 Å². The Morgan fingerprint density at radius 2 is 2.00 bits per heavy atom. The fourth-order valence-corrected chi connectivity index (χ4v) is 4.85. The van der Waals surface area contributed by atoms with Crippen molar-refractivity contribution < 1.29 is 13.5 Å². The second-order valence-electron chi connectivity index (χ2n) is 5.58. The SMILES string of the molecule is CC1CCCC1NS(=O)(=O)N1CCCCC1CO. The van der Waals surface area contributed by atoms with Crippen LogP contribution in [0.3, 0.4) is 0 Å². The van der Waals surface area contributed by atoms with Gasteiger partial charge in [-0.1, -0.05) is 19.8 Å². The predicted molar refractivity (Wildman–Crippen MR) is 70.3 cm³/mol. The third-order valence-electron chi connectivity index (χ3n) is 4.25. The van der Waals surface area contributed by atoms with Crippen molar-refractivity contribution in [1.29, 1.82) is 0 Å². The molecule has 106 valence electrons. The summed E-state index contributed by atoms with van der Waals surface area (Å²) < 4.78 is 29.0. The number of piperidine rings is 1. The number of aliphatic hydroxyl groups is 1. The van der Waals surface area contributed by atoms with Crippen molar-refractivity contribution in [1.82, 2.24) is 9.03 Å². The third-order valence-corrected chi connectivity index (χ3v) is 5.95. The average Bonchev–Trinajstić information content (AvgIpc) is 2.74. The maximum atomic E-state index is 12.4. The summed E-state index contributed by atoms with van der Waals surface area (Å²) in [5.74, 6) is 0.414. The molecule has 3 atom stereocenters. The van der Waals surface area contributed by atoms with Crippen LogP contribution in [-0.4, -0.2) is 43.1 Å². The van der Waals surface area contributed by atoms with Gasteiger partial charge in [0.1, 0.15) is 0 Å². The van der Waals surface area contributed by atoms with Crippen LogP contribution >= 0.6 is 0 Å². The van der Waals surface area contributed by atoms with Crippen LogP contribution in [0, 0.1) is 5.92 Å². The molecule has 1 aliphatic carbocycles. The highest BCUT2D eigenvalue weighted by molar-refractivity contribution is 7.87. The lowest BCUT2D eigenvalue weighted by Crippen LogP contribution is -2.53. The molecule has 0 radical (unpaired) electrons. The monoisotopic (exact) mass is 276 g/mol. The summed E-state index contributed by atoms with van der Waals surface area (Å²) in [6.45, 7) is 2.54. The van der Waals surface area contributed by atoms with Gasteiger partial charge in [-0.3, -0.25) is 0 Å². The summed E-state index contributed by atoms with van der Waals surface area (Å²) in [4.78, 5) is 0. The molecule has 1 aliphatic heterocycles. The van der Waals surface area contributed by atoms with Crippen molar-refractivity contribution in [2.45, 2.75) is 57.5 Å². The van der Waals surface area contributed by atoms with Crippen molar-refractivity contribution >= 4 is 10.2 Å². The lowest BCUT2D eigenvalue weighted by molar-refractivity contribution is 0.153. The zero-order valence-corrected chi connectivity index (χ0v) is 11.8. The van der Waals surface area contributed by atoms with E-state index in [1.807, 2.05) is 0 Å². The van der Waals surface area contributed by atoms with Gasteiger partial charge in [0.2, 0.25) is 0 Å². The van der Waals surface area contributed by atoms with Gasteiger partial charge in [0, 0.05) is 18.6 Å². The Balaban J connectivity index is 2.04. The highest BCUT2D eigenvalue weighted by Crippen LogP contribution is 2.27. The molecule has 2 aliphatic rings. The molecule has 0 spiro atoms. The van der Waals surface area contributed by atoms with Crippen LogP contribution in [0.25, 0.3) is 0 Å². The minimum Gasteiger partial charge on any atom is -0.395 e. The van der Waals surface area contributed by atoms with Crippen LogP contribution in [0.5, 0.6) is 0 Å². The quantitative estimate of drug-likeness (QED) is 0.800. The predicted octanol–water partition coefficient (Wildman–Crippen LogP) is 0.856. The molecule has 2 N–H and O–H groups in total. The molecular formula is C12H24N2O3S. The molecule has 1 heterocycles. The number of hydrogen-bond acceptors (Lipinski definition) is 3. The van der Waals surface area contributed by atoms with Crippen molar-refractivity contribution in [3.8, 4) is 0 Å². The molecule has 1 saturated heterocycles. The van der Waals surface area contributed by atoms with Crippen LogP contribution in [0.2, 0.25) is 0 Å². The second-order valence-corrected chi connectivity index (χ2v) is 7.24. The van der Waals surface area contributed by atoms with E-state index in [4.69, 9.17) is 0 Å². The van der Waals surface area contributed by atoms with E-state index in [1.54, 1.807) is 0 Å². The van der Waals surface area contributed by atoms with Gasteiger partial charge in [-0.05, 0) is 31.6 Å². The third kappa shape index (κ3) is 3.04. The van der Waals surface area contributed by atoms with Crippen molar-refractivity contribution in [3.63, 3.8) is 0 Å². The molecule has 2 rings (SSSR count). The lowest BCUT2D eigenvalue weighted by Gasteiger charge is -2.34. The van der Waals surface area contributed by atoms with Gasteiger partial charge >= 0.3 is 0 Å². The van der Waals surface area contributed by atoms with E-state index in [9.17, 15) is 13.5 Å². The maximum absolute atomic E-state index is 12.4.